The molecule has 108 valence electrons. The van der Waals surface area contributed by atoms with Crippen molar-refractivity contribution >= 4 is 27.1 Å². The van der Waals surface area contributed by atoms with E-state index in [1.54, 1.807) is 0 Å². The molecule has 0 aliphatic rings. The van der Waals surface area contributed by atoms with Crippen LogP contribution in [0.25, 0.3) is 5.57 Å². The Kier molecular flexibility index (Phi) is 4.41. The van der Waals surface area contributed by atoms with Crippen molar-refractivity contribution in [3.63, 3.8) is 0 Å². The molecule has 8 heteroatoms. The van der Waals surface area contributed by atoms with Gasteiger partial charge < -0.3 is 0 Å². The zero-order valence-electron chi connectivity index (χ0n) is 11.3. The highest BCUT2D eigenvalue weighted by atomic mass is 32.2. The number of benzene rings is 1. The maximum Gasteiger partial charge on any atom is 0.290 e. The first kappa shape index (κ1) is 16.0. The zero-order valence-corrected chi connectivity index (χ0v) is 12.1. The molecule has 0 atom stereocenters. The Morgan fingerprint density at radius 2 is 1.90 bits per heavy atom. The van der Waals surface area contributed by atoms with Gasteiger partial charge in [0.1, 0.15) is 0 Å². The van der Waals surface area contributed by atoms with Crippen LogP contribution in [0, 0.1) is 10.1 Å². The van der Waals surface area contributed by atoms with E-state index >= 15 is 0 Å². The summed E-state index contributed by atoms with van der Waals surface area (Å²) in [4.78, 5) is 21.1. The number of allylic oxidation sites excluding steroid dienone is 1. The first-order chi connectivity index (χ1) is 9.10. The lowest BCUT2D eigenvalue weighted by atomic mass is 10.0. The van der Waals surface area contributed by atoms with Crippen LogP contribution < -0.4 is 0 Å². The van der Waals surface area contributed by atoms with Crippen LogP contribution in [-0.2, 0) is 14.8 Å². The Bertz CT molecular complexity index is 692. The molecule has 20 heavy (non-hydrogen) atoms. The summed E-state index contributed by atoms with van der Waals surface area (Å²) in [6.45, 7) is 4.72. The molecule has 0 aliphatic carbocycles. The summed E-state index contributed by atoms with van der Waals surface area (Å²) in [6, 6.07) is 3.72. The van der Waals surface area contributed by atoms with Crippen LogP contribution in [0.3, 0.4) is 0 Å². The second-order valence-corrected chi connectivity index (χ2v) is 6.32. The normalized spacial score (nSPS) is 11.4. The van der Waals surface area contributed by atoms with Crippen LogP contribution in [-0.4, -0.2) is 37.5 Å². The van der Waals surface area contributed by atoms with Crippen LogP contribution >= 0.6 is 0 Å². The van der Waals surface area contributed by atoms with E-state index in [4.69, 9.17) is 0 Å². The van der Waals surface area contributed by atoms with Crippen molar-refractivity contribution in [2.45, 2.75) is 11.8 Å². The number of Topliss-reactive ketones (excluding diaryl/α,β-unsaturated/α-hetero) is 1. The SMILES string of the molecule is C=C(C(C)=O)c1cccc([N+](=O)[O-])c1S(=O)(=O)N(C)C. The van der Waals surface area contributed by atoms with E-state index in [1.165, 1.54) is 33.2 Å². The summed E-state index contributed by atoms with van der Waals surface area (Å²) < 4.78 is 25.4. The number of rotatable bonds is 5. The lowest BCUT2D eigenvalue weighted by Crippen LogP contribution is -2.24. The fraction of sp³-hybridized carbons (Fsp3) is 0.250. The van der Waals surface area contributed by atoms with Gasteiger partial charge in [-0.2, -0.15) is 0 Å². The largest absolute Gasteiger partial charge is 0.295 e. The summed E-state index contributed by atoms with van der Waals surface area (Å²) in [7, 11) is -1.57. The van der Waals surface area contributed by atoms with Gasteiger partial charge in [-0.3, -0.25) is 14.9 Å². The number of sulfonamides is 1. The van der Waals surface area contributed by atoms with Crippen LogP contribution in [0.2, 0.25) is 0 Å². The van der Waals surface area contributed by atoms with E-state index in [-0.39, 0.29) is 11.1 Å². The molecule has 0 saturated carbocycles. The average molecular weight is 298 g/mol. The van der Waals surface area contributed by atoms with Gasteiger partial charge in [0.2, 0.25) is 10.0 Å². The van der Waals surface area contributed by atoms with Crippen molar-refractivity contribution < 1.29 is 18.1 Å². The van der Waals surface area contributed by atoms with Crippen molar-refractivity contribution in [3.05, 3.63) is 40.5 Å². The van der Waals surface area contributed by atoms with Gasteiger partial charge in [0.15, 0.2) is 10.7 Å². The highest BCUT2D eigenvalue weighted by molar-refractivity contribution is 7.89. The number of carbonyl (C=O) groups excluding carboxylic acids is 1. The first-order valence-corrected chi connectivity index (χ1v) is 6.94. The van der Waals surface area contributed by atoms with E-state index in [9.17, 15) is 23.3 Å². The summed E-state index contributed by atoms with van der Waals surface area (Å²) in [5.74, 6) is -0.458. The molecule has 0 spiro atoms. The topological polar surface area (TPSA) is 97.6 Å². The molecule has 1 aromatic rings. The number of hydrogen-bond acceptors (Lipinski definition) is 5. The molecule has 0 fully saturated rings. The van der Waals surface area contributed by atoms with Gasteiger partial charge in [0, 0.05) is 31.3 Å². The molecule has 0 aliphatic heterocycles. The predicted octanol–water partition coefficient (Wildman–Crippen LogP) is 1.45. The maximum absolute atomic E-state index is 12.3. The minimum Gasteiger partial charge on any atom is -0.295 e. The fourth-order valence-electron chi connectivity index (χ4n) is 1.55. The van der Waals surface area contributed by atoms with Crippen molar-refractivity contribution in [3.8, 4) is 0 Å². The lowest BCUT2D eigenvalue weighted by molar-refractivity contribution is -0.387. The van der Waals surface area contributed by atoms with Crippen LogP contribution in [0.4, 0.5) is 5.69 Å². The third-order valence-electron chi connectivity index (χ3n) is 2.68. The minimum atomic E-state index is -4.08. The Hall–Kier alpha value is -2.06. The number of nitro benzene ring substituents is 1. The summed E-state index contributed by atoms with van der Waals surface area (Å²) in [6.07, 6.45) is 0. The number of nitrogens with zero attached hydrogens (tertiary/aromatic N) is 2. The number of hydrogen-bond donors (Lipinski definition) is 0. The van der Waals surface area contributed by atoms with Gasteiger partial charge >= 0.3 is 0 Å². The third kappa shape index (κ3) is 2.75. The average Bonchev–Trinajstić information content (AvgIpc) is 2.36. The molecular weight excluding hydrogens is 284 g/mol. The third-order valence-corrected chi connectivity index (χ3v) is 4.59. The molecule has 0 radical (unpaired) electrons. The van der Waals surface area contributed by atoms with Gasteiger partial charge in [-0.05, 0) is 6.92 Å². The van der Waals surface area contributed by atoms with Gasteiger partial charge in [-0.15, -0.1) is 0 Å². The summed E-state index contributed by atoms with van der Waals surface area (Å²) >= 11 is 0. The Labute approximate surface area is 116 Å². The minimum absolute atomic E-state index is 0.0552. The van der Waals surface area contributed by atoms with Crippen LogP contribution in [0.15, 0.2) is 29.7 Å². The van der Waals surface area contributed by atoms with E-state index in [2.05, 4.69) is 6.58 Å². The standard InChI is InChI=1S/C12H14N2O5S/c1-8(9(2)15)10-6-5-7-11(14(16)17)12(10)20(18,19)13(3)4/h5-7H,1H2,2-4H3. The van der Waals surface area contributed by atoms with Gasteiger partial charge in [0.25, 0.3) is 5.69 Å². The van der Waals surface area contributed by atoms with Crippen molar-refractivity contribution in [1.29, 1.82) is 0 Å². The number of nitro groups is 1. The molecule has 0 aromatic heterocycles. The molecule has 0 unspecified atom stereocenters. The second-order valence-electron chi connectivity index (χ2n) is 4.23. The molecule has 0 bridgehead atoms. The number of ketones is 1. The highest BCUT2D eigenvalue weighted by Crippen LogP contribution is 2.32. The first-order valence-electron chi connectivity index (χ1n) is 5.50. The van der Waals surface area contributed by atoms with E-state index in [0.29, 0.717) is 0 Å². The molecule has 0 heterocycles. The molecule has 0 amide bonds. The Balaban J connectivity index is 3.81. The summed E-state index contributed by atoms with van der Waals surface area (Å²) in [5.41, 5.74) is -0.729. The van der Waals surface area contributed by atoms with E-state index in [0.717, 1.165) is 10.4 Å². The quantitative estimate of drug-likeness (QED) is 0.465. The lowest BCUT2D eigenvalue weighted by Gasteiger charge is -2.15. The molecular formula is C12H14N2O5S. The van der Waals surface area contributed by atoms with Crippen LogP contribution in [0.1, 0.15) is 12.5 Å². The molecule has 7 nitrogen and oxygen atoms in total. The fourth-order valence-corrected chi connectivity index (χ4v) is 2.79. The van der Waals surface area contributed by atoms with Gasteiger partial charge in [-0.1, -0.05) is 18.7 Å². The predicted molar refractivity (Wildman–Crippen MR) is 73.7 cm³/mol. The Morgan fingerprint density at radius 3 is 2.30 bits per heavy atom. The smallest absolute Gasteiger partial charge is 0.290 e. The monoisotopic (exact) mass is 298 g/mol. The van der Waals surface area contributed by atoms with Gasteiger partial charge in [-0.25, -0.2) is 12.7 Å². The maximum atomic E-state index is 12.3. The molecule has 1 rings (SSSR count). The van der Waals surface area contributed by atoms with Crippen molar-refractivity contribution in [2.75, 3.05) is 14.1 Å². The second kappa shape index (κ2) is 5.51. The van der Waals surface area contributed by atoms with Crippen molar-refractivity contribution in [2.24, 2.45) is 0 Å². The van der Waals surface area contributed by atoms with E-state index in [1.807, 2.05) is 0 Å². The molecule has 0 N–H and O–H groups in total. The van der Waals surface area contributed by atoms with Crippen molar-refractivity contribution in [1.82, 2.24) is 4.31 Å². The molecule has 0 saturated heterocycles. The zero-order chi connectivity index (χ0) is 15.7. The van der Waals surface area contributed by atoms with Crippen LogP contribution in [0.5, 0.6) is 0 Å². The Morgan fingerprint density at radius 1 is 1.35 bits per heavy atom. The van der Waals surface area contributed by atoms with E-state index < -0.39 is 31.3 Å². The number of carbonyl (C=O) groups is 1. The summed E-state index contributed by atoms with van der Waals surface area (Å²) in [5, 5.41) is 11.0. The molecule has 1 aromatic carbocycles. The highest BCUT2D eigenvalue weighted by Gasteiger charge is 2.32. The van der Waals surface area contributed by atoms with Gasteiger partial charge in [0.05, 0.1) is 4.92 Å².